The van der Waals surface area contributed by atoms with Crippen LogP contribution >= 0.6 is 0 Å². The monoisotopic (exact) mass is 368 g/mol. The van der Waals surface area contributed by atoms with Gasteiger partial charge in [-0.1, -0.05) is 49.6 Å². The second-order valence-corrected chi connectivity index (χ2v) is 8.73. The summed E-state index contributed by atoms with van der Waals surface area (Å²) in [5.41, 5.74) is 0.825. The van der Waals surface area contributed by atoms with Crippen LogP contribution in [-0.4, -0.2) is 47.8 Å². The van der Waals surface area contributed by atoms with Gasteiger partial charge in [0.05, 0.1) is 11.3 Å². The van der Waals surface area contributed by atoms with Crippen LogP contribution in [0, 0.1) is 5.92 Å². The summed E-state index contributed by atoms with van der Waals surface area (Å²) >= 11 is 0. The number of nitrogens with zero attached hydrogens (tertiary/aromatic N) is 2. The molecule has 3 fully saturated rings. The molecular formula is C23H32N2O2. The van der Waals surface area contributed by atoms with Crippen LogP contribution < -0.4 is 0 Å². The molecule has 1 aromatic rings. The van der Waals surface area contributed by atoms with Crippen molar-refractivity contribution in [3.05, 3.63) is 35.9 Å². The molecule has 1 heterocycles. The molecule has 1 aliphatic heterocycles. The lowest BCUT2D eigenvalue weighted by Crippen LogP contribution is -2.50. The summed E-state index contributed by atoms with van der Waals surface area (Å²) in [6, 6.07) is 10.4. The van der Waals surface area contributed by atoms with E-state index in [4.69, 9.17) is 0 Å². The first-order valence-electron chi connectivity index (χ1n) is 10.7. The van der Waals surface area contributed by atoms with Crippen LogP contribution in [0.3, 0.4) is 0 Å². The van der Waals surface area contributed by atoms with Crippen LogP contribution in [-0.2, 0) is 15.0 Å². The molecule has 2 aliphatic carbocycles. The summed E-state index contributed by atoms with van der Waals surface area (Å²) in [6.07, 6.45) is 9.24. The molecule has 3 aliphatic rings. The van der Waals surface area contributed by atoms with Crippen molar-refractivity contribution in [1.29, 1.82) is 0 Å². The van der Waals surface area contributed by atoms with Gasteiger partial charge in [0.2, 0.25) is 11.8 Å². The third-order valence-electron chi connectivity index (χ3n) is 6.96. The zero-order valence-corrected chi connectivity index (χ0v) is 16.5. The number of carbonyl (C=O) groups excluding carboxylic acids is 2. The summed E-state index contributed by atoms with van der Waals surface area (Å²) in [6.45, 7) is 1.66. The second-order valence-electron chi connectivity index (χ2n) is 8.73. The lowest BCUT2D eigenvalue weighted by atomic mass is 9.91. The Kier molecular flexibility index (Phi) is 5.25. The Bertz CT molecular complexity index is 683. The van der Waals surface area contributed by atoms with Gasteiger partial charge in [0.25, 0.3) is 0 Å². The lowest BCUT2D eigenvalue weighted by Gasteiger charge is -2.36. The third kappa shape index (κ3) is 3.51. The molecular weight excluding hydrogens is 336 g/mol. The molecule has 0 N–H and O–H groups in total. The number of benzene rings is 1. The Morgan fingerprint density at radius 2 is 1.67 bits per heavy atom. The number of fused-ring (bicyclic) bond motifs is 1. The molecule has 2 amide bonds. The molecule has 146 valence electrons. The molecule has 0 spiro atoms. The van der Waals surface area contributed by atoms with Crippen LogP contribution in [0.5, 0.6) is 0 Å². The smallest absolute Gasteiger partial charge is 0.233 e. The van der Waals surface area contributed by atoms with Gasteiger partial charge in [-0.3, -0.25) is 9.59 Å². The minimum atomic E-state index is -0.330. The first-order valence-corrected chi connectivity index (χ1v) is 10.7. The fourth-order valence-corrected chi connectivity index (χ4v) is 5.18. The van der Waals surface area contributed by atoms with Crippen LogP contribution in [0.4, 0.5) is 0 Å². The zero-order chi connectivity index (χ0) is 18.9. The second kappa shape index (κ2) is 7.65. The molecule has 2 saturated carbocycles. The summed E-state index contributed by atoms with van der Waals surface area (Å²) in [4.78, 5) is 30.9. The van der Waals surface area contributed by atoms with E-state index in [1.54, 1.807) is 0 Å². The molecule has 0 bridgehead atoms. The predicted octanol–water partition coefficient (Wildman–Crippen LogP) is 3.75. The third-order valence-corrected chi connectivity index (χ3v) is 6.96. The number of carbonyl (C=O) groups is 2. The van der Waals surface area contributed by atoms with Gasteiger partial charge in [-0.2, -0.15) is 0 Å². The van der Waals surface area contributed by atoms with Gasteiger partial charge in [0, 0.05) is 26.2 Å². The van der Waals surface area contributed by atoms with E-state index < -0.39 is 0 Å². The molecule has 2 atom stereocenters. The van der Waals surface area contributed by atoms with Crippen LogP contribution in [0.1, 0.15) is 63.4 Å². The van der Waals surface area contributed by atoms with E-state index in [0.29, 0.717) is 0 Å². The average Bonchev–Trinajstić information content (AvgIpc) is 3.38. The van der Waals surface area contributed by atoms with Crippen LogP contribution in [0.25, 0.3) is 0 Å². The minimum Gasteiger partial charge on any atom is -0.345 e. The van der Waals surface area contributed by atoms with Gasteiger partial charge in [0.15, 0.2) is 0 Å². The fourth-order valence-electron chi connectivity index (χ4n) is 5.18. The molecule has 0 radical (unpaired) electrons. The van der Waals surface area contributed by atoms with Gasteiger partial charge < -0.3 is 9.80 Å². The van der Waals surface area contributed by atoms with Crippen molar-refractivity contribution in [2.24, 2.45) is 5.92 Å². The Morgan fingerprint density at radius 3 is 2.37 bits per heavy atom. The van der Waals surface area contributed by atoms with Gasteiger partial charge in [-0.05, 0) is 44.1 Å². The maximum Gasteiger partial charge on any atom is 0.233 e. The van der Waals surface area contributed by atoms with E-state index in [9.17, 15) is 9.59 Å². The highest BCUT2D eigenvalue weighted by Crippen LogP contribution is 2.50. The quantitative estimate of drug-likeness (QED) is 0.798. The normalized spacial score (nSPS) is 28.4. The van der Waals surface area contributed by atoms with E-state index in [-0.39, 0.29) is 29.2 Å². The first kappa shape index (κ1) is 18.5. The molecule has 0 unspecified atom stereocenters. The summed E-state index contributed by atoms with van der Waals surface area (Å²) in [5.74, 6) is 0.519. The Hall–Kier alpha value is -1.84. The van der Waals surface area contributed by atoms with Gasteiger partial charge >= 0.3 is 0 Å². The van der Waals surface area contributed by atoms with Crippen molar-refractivity contribution in [2.75, 3.05) is 20.1 Å². The van der Waals surface area contributed by atoms with E-state index in [1.165, 1.54) is 0 Å². The van der Waals surface area contributed by atoms with E-state index in [2.05, 4.69) is 17.0 Å². The fraction of sp³-hybridized carbons (Fsp3) is 0.652. The van der Waals surface area contributed by atoms with Crippen molar-refractivity contribution >= 4 is 11.8 Å². The summed E-state index contributed by atoms with van der Waals surface area (Å²) < 4.78 is 0. The van der Waals surface area contributed by atoms with Gasteiger partial charge in [-0.15, -0.1) is 0 Å². The minimum absolute atomic E-state index is 0.0105. The standard InChI is InChI=1S/C23H32N2O2/c1-24-16-7-2-3-8-17-25(20-13-9-12-19(20)21(24)26)22(27)23(14-15-23)18-10-5-4-6-11-18/h4-6,10-11,19-20H,2-3,7-9,12-17H2,1H3/t19-,20+/m1/s1. The highest BCUT2D eigenvalue weighted by Gasteiger charge is 2.55. The van der Waals surface area contributed by atoms with Crippen molar-refractivity contribution < 1.29 is 9.59 Å². The summed E-state index contributed by atoms with van der Waals surface area (Å²) in [5, 5.41) is 0. The Labute approximate surface area is 162 Å². The number of hydrogen-bond acceptors (Lipinski definition) is 2. The Balaban J connectivity index is 1.62. The molecule has 1 aromatic carbocycles. The molecule has 4 rings (SSSR count). The zero-order valence-electron chi connectivity index (χ0n) is 16.5. The lowest BCUT2D eigenvalue weighted by molar-refractivity contribution is -0.141. The highest BCUT2D eigenvalue weighted by molar-refractivity contribution is 5.92. The summed E-state index contributed by atoms with van der Waals surface area (Å²) in [7, 11) is 1.94. The van der Waals surface area contributed by atoms with Crippen LogP contribution in [0.15, 0.2) is 30.3 Å². The molecule has 4 nitrogen and oxygen atoms in total. The topological polar surface area (TPSA) is 40.6 Å². The number of amides is 2. The molecule has 27 heavy (non-hydrogen) atoms. The van der Waals surface area contributed by atoms with Crippen molar-refractivity contribution in [1.82, 2.24) is 9.80 Å². The van der Waals surface area contributed by atoms with Crippen molar-refractivity contribution in [3.8, 4) is 0 Å². The van der Waals surface area contributed by atoms with E-state index >= 15 is 0 Å². The van der Waals surface area contributed by atoms with E-state index in [0.717, 1.165) is 76.4 Å². The van der Waals surface area contributed by atoms with Crippen molar-refractivity contribution in [2.45, 2.75) is 69.2 Å². The molecule has 0 aromatic heterocycles. The maximum atomic E-state index is 13.8. The highest BCUT2D eigenvalue weighted by atomic mass is 16.2. The number of rotatable bonds is 2. The molecule has 1 saturated heterocycles. The maximum absolute atomic E-state index is 13.8. The van der Waals surface area contributed by atoms with Crippen molar-refractivity contribution in [3.63, 3.8) is 0 Å². The van der Waals surface area contributed by atoms with Gasteiger partial charge in [0.1, 0.15) is 0 Å². The SMILES string of the molecule is CN1CCCCCCN(C(=O)C2(c3ccccc3)CC2)[C@H]2CCC[C@H]2C1=O. The van der Waals surface area contributed by atoms with E-state index in [1.807, 2.05) is 30.1 Å². The van der Waals surface area contributed by atoms with Gasteiger partial charge in [-0.25, -0.2) is 0 Å². The Morgan fingerprint density at radius 1 is 0.963 bits per heavy atom. The largest absolute Gasteiger partial charge is 0.345 e. The average molecular weight is 369 g/mol. The predicted molar refractivity (Wildman–Crippen MR) is 106 cm³/mol. The molecule has 4 heteroatoms. The van der Waals surface area contributed by atoms with Crippen LogP contribution in [0.2, 0.25) is 0 Å². The first-order chi connectivity index (χ1) is 13.1. The number of hydrogen-bond donors (Lipinski definition) is 0.